The molecule has 4 aromatic rings. The quantitative estimate of drug-likeness (QED) is 0.320. The van der Waals surface area contributed by atoms with Crippen LogP contribution in [0.3, 0.4) is 0 Å². The molecular formula is C34H30Cl2Zr. The third kappa shape index (κ3) is 5.20. The molecular weight excluding hydrogens is 571 g/mol. The zero-order chi connectivity index (χ0) is 23.6. The largest absolute Gasteiger partial charge is 1.00 e. The van der Waals surface area contributed by atoms with Crippen LogP contribution < -0.4 is 24.8 Å². The van der Waals surface area contributed by atoms with Gasteiger partial charge in [0.05, 0.1) is 0 Å². The van der Waals surface area contributed by atoms with Gasteiger partial charge >= 0.3 is 218 Å². The van der Waals surface area contributed by atoms with Gasteiger partial charge in [-0.15, -0.1) is 0 Å². The zero-order valence-corrected chi connectivity index (χ0v) is 25.0. The summed E-state index contributed by atoms with van der Waals surface area (Å²) in [6, 6.07) is 40.9. The first-order valence-electron chi connectivity index (χ1n) is 12.8. The van der Waals surface area contributed by atoms with Crippen LogP contribution in [0.25, 0.3) is 11.1 Å². The van der Waals surface area contributed by atoms with Gasteiger partial charge in [-0.05, 0) is 0 Å². The molecule has 0 N–H and O–H groups in total. The minimum absolute atomic E-state index is 0. The number of hydrogen-bond donors (Lipinski definition) is 0. The summed E-state index contributed by atoms with van der Waals surface area (Å²) in [7, 11) is 0. The van der Waals surface area contributed by atoms with E-state index in [0.717, 1.165) is 6.42 Å². The molecule has 0 atom stereocenters. The standard InChI is InChI=1S/C13H9.C13H10.C8H11.2ClH.Zr/c1-3-7-12-10(5-1)9-11-6-2-4-8-13(11)12;1-3-7-12(8-4-1)11-13-9-5-2-6-10-13;1-2-5-8-6-3-4-7-8;;;/h1-9H;1-10H;3,6H,2,4-5H2,1H3;2*1H;/q;;;;;+2/p-2. The Bertz CT molecular complexity index is 1380. The Morgan fingerprint density at radius 1 is 0.676 bits per heavy atom. The van der Waals surface area contributed by atoms with Crippen LogP contribution in [0.2, 0.25) is 0 Å². The van der Waals surface area contributed by atoms with E-state index in [-0.39, 0.29) is 24.8 Å². The molecule has 37 heavy (non-hydrogen) atoms. The second-order valence-electron chi connectivity index (χ2n) is 9.49. The molecule has 0 saturated heterocycles. The van der Waals surface area contributed by atoms with E-state index in [0.29, 0.717) is 3.63 Å². The molecule has 0 amide bonds. The third-order valence-electron chi connectivity index (χ3n) is 7.39. The average Bonchev–Trinajstić information content (AvgIpc) is 3.51. The third-order valence-corrected chi connectivity index (χ3v) is 16.0. The number of fused-ring (bicyclic) bond motifs is 3. The van der Waals surface area contributed by atoms with Crippen molar-refractivity contribution in [2.45, 2.75) is 29.8 Å². The molecule has 0 radical (unpaired) electrons. The first-order valence-corrected chi connectivity index (χ1v) is 16.7. The number of benzene rings is 4. The van der Waals surface area contributed by atoms with Crippen LogP contribution in [0.5, 0.6) is 0 Å². The van der Waals surface area contributed by atoms with E-state index in [9.17, 15) is 0 Å². The Balaban J connectivity index is 0.00000160. The predicted molar refractivity (Wildman–Crippen MR) is 146 cm³/mol. The van der Waals surface area contributed by atoms with Crippen molar-refractivity contribution in [3.8, 4) is 11.1 Å². The molecule has 6 rings (SSSR count). The second-order valence-corrected chi connectivity index (χ2v) is 15.7. The van der Waals surface area contributed by atoms with Crippen molar-refractivity contribution in [2.24, 2.45) is 0 Å². The van der Waals surface area contributed by atoms with Crippen LogP contribution in [0.1, 0.15) is 52.1 Å². The minimum atomic E-state index is -2.57. The van der Waals surface area contributed by atoms with Gasteiger partial charge in [-0.2, -0.15) is 0 Å². The topological polar surface area (TPSA) is 0 Å². The Morgan fingerprint density at radius 3 is 1.68 bits per heavy atom. The summed E-state index contributed by atoms with van der Waals surface area (Å²) in [5.41, 5.74) is 10.4. The van der Waals surface area contributed by atoms with Gasteiger partial charge in [0.1, 0.15) is 0 Å². The van der Waals surface area contributed by atoms with Crippen LogP contribution in [0.4, 0.5) is 0 Å². The smallest absolute Gasteiger partial charge is 1.00 e. The fourth-order valence-corrected chi connectivity index (χ4v) is 15.6. The number of rotatable bonds is 6. The first-order chi connectivity index (χ1) is 17.4. The Kier molecular flexibility index (Phi) is 9.36. The van der Waals surface area contributed by atoms with Crippen LogP contribution in [-0.2, 0) is 21.3 Å². The van der Waals surface area contributed by atoms with Gasteiger partial charge in [-0.3, -0.25) is 0 Å². The molecule has 184 valence electrons. The molecule has 0 saturated carbocycles. The zero-order valence-electron chi connectivity index (χ0n) is 21.0. The predicted octanol–water partition coefficient (Wildman–Crippen LogP) is 2.67. The van der Waals surface area contributed by atoms with Gasteiger partial charge in [0, 0.05) is 0 Å². The summed E-state index contributed by atoms with van der Waals surface area (Å²) >= 11 is -2.57. The monoisotopic (exact) mass is 598 g/mol. The summed E-state index contributed by atoms with van der Waals surface area (Å²) in [5.74, 6) is 0. The molecule has 3 heteroatoms. The maximum Gasteiger partial charge on any atom is -1.00 e. The molecule has 0 aromatic heterocycles. The van der Waals surface area contributed by atoms with Crippen LogP contribution >= 0.6 is 0 Å². The van der Waals surface area contributed by atoms with Crippen LogP contribution in [0.15, 0.2) is 130 Å². The SMILES string of the molecule is CCCC1=[C]([Zr+2](=[C](c2ccccc2)c2ccccc2)[CH]2c3ccccc3-c3ccccc32)CC=C1.[Cl-].[Cl-]. The molecule has 0 heterocycles. The van der Waals surface area contributed by atoms with Crippen LogP contribution in [-0.4, -0.2) is 3.21 Å². The van der Waals surface area contributed by atoms with E-state index in [1.807, 2.05) is 0 Å². The maximum absolute atomic E-state index is 2.57. The van der Waals surface area contributed by atoms with Crippen molar-refractivity contribution in [1.29, 1.82) is 0 Å². The van der Waals surface area contributed by atoms with Gasteiger partial charge in [0.25, 0.3) is 0 Å². The minimum Gasteiger partial charge on any atom is -1.00 e. The fraction of sp³-hybridized carbons (Fsp3) is 0.147. The summed E-state index contributed by atoms with van der Waals surface area (Å²) in [4.78, 5) is 0. The summed E-state index contributed by atoms with van der Waals surface area (Å²) < 4.78 is 3.91. The fourth-order valence-electron chi connectivity index (χ4n) is 5.96. The molecule has 0 nitrogen and oxygen atoms in total. The normalized spacial score (nSPS) is 13.2. The van der Waals surface area contributed by atoms with Crippen molar-refractivity contribution in [3.63, 3.8) is 0 Å². The molecule has 0 unspecified atom stereocenters. The average molecular weight is 601 g/mol. The van der Waals surface area contributed by atoms with Gasteiger partial charge in [0.2, 0.25) is 0 Å². The molecule has 4 aromatic carbocycles. The van der Waals surface area contributed by atoms with Crippen molar-refractivity contribution in [1.82, 2.24) is 0 Å². The Hall–Kier alpha value is -2.31. The maximum atomic E-state index is 2.44. The van der Waals surface area contributed by atoms with E-state index in [1.54, 1.807) is 23.2 Å². The van der Waals surface area contributed by atoms with E-state index in [2.05, 4.69) is 128 Å². The molecule has 0 aliphatic heterocycles. The van der Waals surface area contributed by atoms with Gasteiger partial charge in [0.15, 0.2) is 0 Å². The Labute approximate surface area is 241 Å². The summed E-state index contributed by atoms with van der Waals surface area (Å²) in [5, 5.41) is 0. The Morgan fingerprint density at radius 2 is 1.16 bits per heavy atom. The first kappa shape index (κ1) is 27.7. The van der Waals surface area contributed by atoms with Crippen molar-refractivity contribution in [2.75, 3.05) is 0 Å². The molecule has 0 bridgehead atoms. The van der Waals surface area contributed by atoms with Gasteiger partial charge < -0.3 is 24.8 Å². The van der Waals surface area contributed by atoms with Gasteiger partial charge in [-0.25, -0.2) is 0 Å². The van der Waals surface area contributed by atoms with E-state index in [4.69, 9.17) is 0 Å². The van der Waals surface area contributed by atoms with Crippen molar-refractivity contribution in [3.05, 3.63) is 152 Å². The van der Waals surface area contributed by atoms with Gasteiger partial charge in [-0.1, -0.05) is 0 Å². The van der Waals surface area contributed by atoms with Crippen molar-refractivity contribution >= 4 is 3.21 Å². The number of allylic oxidation sites excluding steroid dienone is 4. The summed E-state index contributed by atoms with van der Waals surface area (Å²) in [6.07, 6.45) is 8.38. The number of halogens is 2. The van der Waals surface area contributed by atoms with E-state index < -0.39 is 21.3 Å². The summed E-state index contributed by atoms with van der Waals surface area (Å²) in [6.45, 7) is 2.32. The molecule has 0 spiro atoms. The number of hydrogen-bond acceptors (Lipinski definition) is 0. The molecule has 2 aliphatic rings. The van der Waals surface area contributed by atoms with E-state index >= 15 is 0 Å². The van der Waals surface area contributed by atoms with Crippen LogP contribution in [0, 0.1) is 0 Å². The second kappa shape index (κ2) is 12.5. The molecule has 0 fully saturated rings. The van der Waals surface area contributed by atoms with E-state index in [1.165, 1.54) is 35.1 Å². The molecule has 2 aliphatic carbocycles. The van der Waals surface area contributed by atoms with Crippen molar-refractivity contribution < 1.29 is 46.1 Å².